The molecule has 1 aliphatic rings. The maximum atomic E-state index is 13.3. The minimum atomic E-state index is -3.68. The molecule has 0 bridgehead atoms. The lowest BCUT2D eigenvalue weighted by molar-refractivity contribution is 0.250. The van der Waals surface area contributed by atoms with Crippen molar-refractivity contribution in [3.63, 3.8) is 0 Å². The maximum absolute atomic E-state index is 13.3. The van der Waals surface area contributed by atoms with Crippen LogP contribution in [0.25, 0.3) is 21.7 Å². The van der Waals surface area contributed by atoms with Gasteiger partial charge in [-0.15, -0.1) is 5.10 Å². The van der Waals surface area contributed by atoms with Gasteiger partial charge in [-0.1, -0.05) is 60.7 Å². The number of fused-ring (bicyclic) bond motifs is 2. The first-order valence-corrected chi connectivity index (χ1v) is 15.3. The van der Waals surface area contributed by atoms with Crippen LogP contribution in [0, 0.1) is 0 Å². The SMILES string of the molecule is O=c1c2ccccc2cnn1CCCCN1CCN(c2nn(S(=O)(=O)Cc3ccccc3)c3ccccc23)CC1. The number of nitrogens with zero attached hydrogens (tertiary/aromatic N) is 6. The van der Waals surface area contributed by atoms with Crippen molar-refractivity contribution >= 4 is 37.5 Å². The molecule has 9 nitrogen and oxygen atoms in total. The molecule has 1 saturated heterocycles. The Labute approximate surface area is 233 Å². The quantitative estimate of drug-likeness (QED) is 0.256. The molecule has 0 saturated carbocycles. The van der Waals surface area contributed by atoms with Crippen LogP contribution >= 0.6 is 0 Å². The van der Waals surface area contributed by atoms with E-state index >= 15 is 0 Å². The Bertz CT molecular complexity index is 1790. The monoisotopic (exact) mass is 556 g/mol. The predicted octanol–water partition coefficient (Wildman–Crippen LogP) is 3.73. The molecule has 0 radical (unpaired) electrons. The Morgan fingerprint density at radius 1 is 0.750 bits per heavy atom. The number of benzene rings is 3. The molecule has 2 aromatic heterocycles. The topological polar surface area (TPSA) is 93.3 Å². The number of unbranched alkanes of at least 4 members (excludes halogenated alkanes) is 1. The zero-order chi connectivity index (χ0) is 27.5. The fraction of sp³-hybridized carbons (Fsp3) is 0.300. The zero-order valence-corrected chi connectivity index (χ0v) is 23.1. The van der Waals surface area contributed by atoms with E-state index in [1.54, 1.807) is 10.9 Å². The molecular formula is C30H32N6O3S. The number of rotatable bonds is 9. The largest absolute Gasteiger partial charge is 0.352 e. The first-order valence-electron chi connectivity index (χ1n) is 13.7. The van der Waals surface area contributed by atoms with E-state index in [9.17, 15) is 13.2 Å². The minimum absolute atomic E-state index is 0.0378. The summed E-state index contributed by atoms with van der Waals surface area (Å²) in [5.41, 5.74) is 1.30. The normalized spacial score (nSPS) is 14.8. The smallest absolute Gasteiger partial charge is 0.274 e. The molecular weight excluding hydrogens is 524 g/mol. The standard InChI is InChI=1S/C30H32N6O3S/c37-30-26-13-5-4-12-25(26)22-31-35(30)17-9-8-16-33-18-20-34(21-19-33)29-27-14-6-7-15-28(27)36(32-29)40(38,39)23-24-10-2-1-3-11-24/h1-7,10-15,22H,8-9,16-21,23H2. The Kier molecular flexibility index (Phi) is 7.36. The first-order chi connectivity index (χ1) is 19.5. The van der Waals surface area contributed by atoms with Gasteiger partial charge in [-0.2, -0.15) is 9.19 Å². The van der Waals surface area contributed by atoms with E-state index in [1.807, 2.05) is 78.9 Å². The Morgan fingerprint density at radius 2 is 1.43 bits per heavy atom. The molecule has 0 amide bonds. The lowest BCUT2D eigenvalue weighted by Gasteiger charge is -2.35. The van der Waals surface area contributed by atoms with E-state index in [1.165, 1.54) is 4.09 Å². The van der Waals surface area contributed by atoms with E-state index in [-0.39, 0.29) is 11.3 Å². The Morgan fingerprint density at radius 3 is 2.23 bits per heavy atom. The minimum Gasteiger partial charge on any atom is -0.352 e. The Hall–Kier alpha value is -4.02. The average molecular weight is 557 g/mol. The van der Waals surface area contributed by atoms with Crippen molar-refractivity contribution in [1.82, 2.24) is 23.9 Å². The number of hydrogen-bond donors (Lipinski definition) is 0. The van der Waals surface area contributed by atoms with Crippen molar-refractivity contribution in [3.8, 4) is 0 Å². The second kappa shape index (κ2) is 11.2. The van der Waals surface area contributed by atoms with Crippen molar-refractivity contribution in [3.05, 3.63) is 101 Å². The molecule has 0 spiro atoms. The number of aryl methyl sites for hydroxylation is 1. The molecule has 10 heteroatoms. The number of hydrogen-bond acceptors (Lipinski definition) is 7. The van der Waals surface area contributed by atoms with Crippen LogP contribution in [0.3, 0.4) is 0 Å². The highest BCUT2D eigenvalue weighted by Crippen LogP contribution is 2.29. The lowest BCUT2D eigenvalue weighted by Crippen LogP contribution is -2.47. The van der Waals surface area contributed by atoms with Crippen LogP contribution in [0.4, 0.5) is 5.82 Å². The zero-order valence-electron chi connectivity index (χ0n) is 22.3. The van der Waals surface area contributed by atoms with Gasteiger partial charge in [-0.3, -0.25) is 9.69 Å². The van der Waals surface area contributed by atoms with Crippen LogP contribution in [0.5, 0.6) is 0 Å². The Balaban J connectivity index is 1.07. The fourth-order valence-electron chi connectivity index (χ4n) is 5.38. The van der Waals surface area contributed by atoms with Gasteiger partial charge in [0.1, 0.15) is 0 Å². The summed E-state index contributed by atoms with van der Waals surface area (Å²) in [4.78, 5) is 17.3. The highest BCUT2D eigenvalue weighted by atomic mass is 32.2. The third-order valence-electron chi connectivity index (χ3n) is 7.52. The molecule has 6 rings (SSSR count). The summed E-state index contributed by atoms with van der Waals surface area (Å²) in [5.74, 6) is 0.613. The van der Waals surface area contributed by atoms with Crippen LogP contribution in [0.1, 0.15) is 18.4 Å². The molecule has 40 heavy (non-hydrogen) atoms. The highest BCUT2D eigenvalue weighted by molar-refractivity contribution is 7.89. The number of aromatic nitrogens is 4. The van der Waals surface area contributed by atoms with Crippen molar-refractivity contribution in [2.45, 2.75) is 25.1 Å². The van der Waals surface area contributed by atoms with Crippen molar-refractivity contribution < 1.29 is 8.42 Å². The molecule has 0 atom stereocenters. The van der Waals surface area contributed by atoms with Gasteiger partial charge in [0.05, 0.1) is 22.9 Å². The third kappa shape index (κ3) is 5.37. The second-order valence-corrected chi connectivity index (χ2v) is 12.0. The molecule has 5 aromatic rings. The number of anilines is 1. The summed E-state index contributed by atoms with van der Waals surface area (Å²) in [7, 11) is -3.68. The van der Waals surface area contributed by atoms with Crippen molar-refractivity contribution in [2.75, 3.05) is 37.6 Å². The maximum Gasteiger partial charge on any atom is 0.274 e. The van der Waals surface area contributed by atoms with Gasteiger partial charge in [-0.05, 0) is 43.1 Å². The molecule has 206 valence electrons. The van der Waals surface area contributed by atoms with Crippen LogP contribution in [0.15, 0.2) is 89.9 Å². The van der Waals surface area contributed by atoms with E-state index in [0.29, 0.717) is 23.3 Å². The molecule has 0 unspecified atom stereocenters. The van der Waals surface area contributed by atoms with Crippen LogP contribution < -0.4 is 10.5 Å². The van der Waals surface area contributed by atoms with Gasteiger partial charge in [0.15, 0.2) is 5.82 Å². The summed E-state index contributed by atoms with van der Waals surface area (Å²) in [5, 5.41) is 11.4. The summed E-state index contributed by atoms with van der Waals surface area (Å²) in [6.07, 6.45) is 3.60. The average Bonchev–Trinajstić information content (AvgIpc) is 3.38. The highest BCUT2D eigenvalue weighted by Gasteiger charge is 2.26. The second-order valence-electron chi connectivity index (χ2n) is 10.2. The summed E-state index contributed by atoms with van der Waals surface area (Å²) in [6.45, 7) is 4.82. The van der Waals surface area contributed by atoms with E-state index < -0.39 is 10.0 Å². The molecule has 0 N–H and O–H groups in total. The van der Waals surface area contributed by atoms with Crippen LogP contribution in [-0.4, -0.2) is 65.0 Å². The first kappa shape index (κ1) is 26.2. The van der Waals surface area contributed by atoms with Crippen molar-refractivity contribution in [1.29, 1.82) is 0 Å². The van der Waals surface area contributed by atoms with E-state index in [2.05, 4.69) is 20.0 Å². The number of piperazine rings is 1. The molecule has 3 aromatic carbocycles. The van der Waals surface area contributed by atoms with E-state index in [4.69, 9.17) is 0 Å². The van der Waals surface area contributed by atoms with Crippen LogP contribution in [0.2, 0.25) is 0 Å². The molecule has 1 aliphatic heterocycles. The molecule has 1 fully saturated rings. The predicted molar refractivity (Wildman–Crippen MR) is 158 cm³/mol. The molecule has 0 aliphatic carbocycles. The van der Waals surface area contributed by atoms with Crippen molar-refractivity contribution in [2.24, 2.45) is 0 Å². The van der Waals surface area contributed by atoms with Gasteiger partial charge < -0.3 is 4.90 Å². The van der Waals surface area contributed by atoms with Gasteiger partial charge in [0.25, 0.3) is 15.6 Å². The van der Waals surface area contributed by atoms with Gasteiger partial charge >= 0.3 is 0 Å². The van der Waals surface area contributed by atoms with Gasteiger partial charge in [0.2, 0.25) is 0 Å². The lowest BCUT2D eigenvalue weighted by atomic mass is 10.2. The van der Waals surface area contributed by atoms with E-state index in [0.717, 1.165) is 61.9 Å². The summed E-state index contributed by atoms with van der Waals surface area (Å²) >= 11 is 0. The summed E-state index contributed by atoms with van der Waals surface area (Å²) < 4.78 is 29.5. The molecule has 3 heterocycles. The fourth-order valence-corrected chi connectivity index (χ4v) is 6.78. The third-order valence-corrected chi connectivity index (χ3v) is 9.02. The number of para-hydroxylation sites is 1. The van der Waals surface area contributed by atoms with Gasteiger partial charge in [0, 0.05) is 43.5 Å². The van der Waals surface area contributed by atoms with Crippen LogP contribution in [-0.2, 0) is 22.3 Å². The van der Waals surface area contributed by atoms with Gasteiger partial charge in [-0.25, -0.2) is 13.1 Å². The summed E-state index contributed by atoms with van der Waals surface area (Å²) in [6, 6.07) is 24.3.